The van der Waals surface area contributed by atoms with Crippen molar-refractivity contribution < 1.29 is 9.53 Å². The van der Waals surface area contributed by atoms with Crippen LogP contribution in [0.15, 0.2) is 17.5 Å². The van der Waals surface area contributed by atoms with Gasteiger partial charge in [-0.3, -0.25) is 9.69 Å². The zero-order valence-electron chi connectivity index (χ0n) is 11.9. The first kappa shape index (κ1) is 14.0. The van der Waals surface area contributed by atoms with Crippen molar-refractivity contribution in [1.29, 1.82) is 0 Å². The number of carbonyl (C=O) groups is 1. The molecule has 2 aliphatic rings. The van der Waals surface area contributed by atoms with Gasteiger partial charge in [0.25, 0.3) is 0 Å². The normalized spacial score (nSPS) is 23.2. The largest absolute Gasteiger partial charge is 0.379 e. The van der Waals surface area contributed by atoms with Gasteiger partial charge in [-0.2, -0.15) is 0 Å². The van der Waals surface area contributed by atoms with Gasteiger partial charge in [0.05, 0.1) is 19.3 Å². The molecule has 0 unspecified atom stereocenters. The fourth-order valence-electron chi connectivity index (χ4n) is 2.82. The molecule has 1 aromatic heterocycles. The van der Waals surface area contributed by atoms with Gasteiger partial charge < -0.3 is 10.1 Å². The minimum atomic E-state index is 0.139. The van der Waals surface area contributed by atoms with E-state index in [0.29, 0.717) is 0 Å². The number of nitrogens with one attached hydrogen (secondary N) is 1. The third-order valence-corrected chi connectivity index (χ3v) is 5.01. The molecule has 110 valence electrons. The van der Waals surface area contributed by atoms with Gasteiger partial charge in [-0.25, -0.2) is 0 Å². The predicted octanol–water partition coefficient (Wildman–Crippen LogP) is 2.04. The molecule has 0 bridgehead atoms. The third kappa shape index (κ3) is 3.22. The molecule has 1 saturated heterocycles. The first-order chi connectivity index (χ1) is 9.75. The summed E-state index contributed by atoms with van der Waals surface area (Å²) in [5.74, 6) is 0.499. The number of ether oxygens (including phenoxy) is 1. The van der Waals surface area contributed by atoms with Crippen molar-refractivity contribution >= 4 is 17.2 Å². The highest BCUT2D eigenvalue weighted by molar-refractivity contribution is 7.10. The average molecular weight is 294 g/mol. The van der Waals surface area contributed by atoms with Gasteiger partial charge in [0.2, 0.25) is 5.91 Å². The van der Waals surface area contributed by atoms with Crippen LogP contribution in [-0.4, -0.2) is 43.2 Å². The molecular weight excluding hydrogens is 272 g/mol. The van der Waals surface area contributed by atoms with E-state index in [-0.39, 0.29) is 23.9 Å². The Balaban J connectivity index is 1.71. The zero-order valence-corrected chi connectivity index (χ0v) is 12.7. The zero-order chi connectivity index (χ0) is 13.9. The quantitative estimate of drug-likeness (QED) is 0.903. The SMILES string of the molecule is C[C@@H](NC(=O)C1CC1)[C@@H](c1cccs1)N1CCOCC1. The summed E-state index contributed by atoms with van der Waals surface area (Å²) >= 11 is 1.77. The second-order valence-electron chi connectivity index (χ2n) is 5.68. The van der Waals surface area contributed by atoms with Crippen LogP contribution in [0.1, 0.15) is 30.7 Å². The summed E-state index contributed by atoms with van der Waals surface area (Å²) in [6.07, 6.45) is 2.11. The molecule has 2 atom stereocenters. The minimum Gasteiger partial charge on any atom is -0.379 e. The lowest BCUT2D eigenvalue weighted by atomic mass is 10.1. The molecule has 0 spiro atoms. The van der Waals surface area contributed by atoms with Crippen molar-refractivity contribution in [3.8, 4) is 0 Å². The van der Waals surface area contributed by atoms with Gasteiger partial charge in [-0.15, -0.1) is 11.3 Å². The van der Waals surface area contributed by atoms with E-state index >= 15 is 0 Å². The summed E-state index contributed by atoms with van der Waals surface area (Å²) in [4.78, 5) is 15.8. The Morgan fingerprint density at radius 1 is 1.45 bits per heavy atom. The van der Waals surface area contributed by atoms with Gasteiger partial charge in [0.1, 0.15) is 0 Å². The van der Waals surface area contributed by atoms with E-state index in [1.807, 2.05) is 0 Å². The molecule has 20 heavy (non-hydrogen) atoms. The number of hydrogen-bond acceptors (Lipinski definition) is 4. The maximum Gasteiger partial charge on any atom is 0.223 e. The van der Waals surface area contributed by atoms with Crippen LogP contribution in [0.4, 0.5) is 0 Å². The van der Waals surface area contributed by atoms with E-state index in [1.54, 1.807) is 11.3 Å². The van der Waals surface area contributed by atoms with Crippen LogP contribution in [0.25, 0.3) is 0 Å². The highest BCUT2D eigenvalue weighted by Gasteiger charge is 2.34. The Labute approximate surface area is 124 Å². The van der Waals surface area contributed by atoms with Gasteiger partial charge in [-0.1, -0.05) is 6.07 Å². The average Bonchev–Trinajstić information content (AvgIpc) is 3.18. The summed E-state index contributed by atoms with van der Waals surface area (Å²) in [7, 11) is 0. The topological polar surface area (TPSA) is 41.6 Å². The standard InChI is InChI=1S/C15H22N2O2S/c1-11(16-15(18)12-4-5-12)14(13-3-2-10-20-13)17-6-8-19-9-7-17/h2-3,10-12,14H,4-9H2,1H3,(H,16,18)/t11-,14+/m1/s1. The van der Waals surface area contributed by atoms with Crippen LogP contribution in [-0.2, 0) is 9.53 Å². The molecule has 4 nitrogen and oxygen atoms in total. The molecule has 2 fully saturated rings. The Morgan fingerprint density at radius 2 is 2.20 bits per heavy atom. The molecule has 1 aliphatic carbocycles. The van der Waals surface area contributed by atoms with E-state index in [2.05, 4.69) is 34.7 Å². The molecule has 3 rings (SSSR count). The van der Waals surface area contributed by atoms with E-state index in [1.165, 1.54) is 4.88 Å². The van der Waals surface area contributed by atoms with Crippen molar-refractivity contribution in [2.45, 2.75) is 31.8 Å². The Bertz CT molecular complexity index is 439. The van der Waals surface area contributed by atoms with E-state index < -0.39 is 0 Å². The molecule has 5 heteroatoms. The fourth-order valence-corrected chi connectivity index (χ4v) is 3.79. The molecule has 0 aromatic carbocycles. The van der Waals surface area contributed by atoms with Crippen molar-refractivity contribution in [3.63, 3.8) is 0 Å². The molecule has 0 radical (unpaired) electrons. The van der Waals surface area contributed by atoms with Crippen LogP contribution in [0.3, 0.4) is 0 Å². The third-order valence-electron chi connectivity index (χ3n) is 4.07. The molecule has 1 amide bonds. The minimum absolute atomic E-state index is 0.139. The number of hydrogen-bond donors (Lipinski definition) is 1. The van der Waals surface area contributed by atoms with Crippen molar-refractivity contribution in [1.82, 2.24) is 10.2 Å². The monoisotopic (exact) mass is 294 g/mol. The number of carbonyl (C=O) groups excluding carboxylic acids is 1. The number of morpholine rings is 1. The highest BCUT2D eigenvalue weighted by Crippen LogP contribution is 2.32. The lowest BCUT2D eigenvalue weighted by Gasteiger charge is -2.37. The maximum absolute atomic E-state index is 12.0. The maximum atomic E-state index is 12.0. The number of thiophene rings is 1. The Kier molecular flexibility index (Phi) is 4.38. The van der Waals surface area contributed by atoms with Crippen molar-refractivity contribution in [2.24, 2.45) is 5.92 Å². The molecule has 1 N–H and O–H groups in total. The van der Waals surface area contributed by atoms with E-state index in [9.17, 15) is 4.79 Å². The Morgan fingerprint density at radius 3 is 2.80 bits per heavy atom. The number of rotatable bonds is 5. The number of amides is 1. The van der Waals surface area contributed by atoms with Crippen LogP contribution in [0.2, 0.25) is 0 Å². The molecule has 1 saturated carbocycles. The summed E-state index contributed by atoms with van der Waals surface area (Å²) in [6, 6.07) is 4.66. The molecular formula is C15H22N2O2S. The van der Waals surface area contributed by atoms with Crippen LogP contribution in [0.5, 0.6) is 0 Å². The fraction of sp³-hybridized carbons (Fsp3) is 0.667. The molecule has 1 aliphatic heterocycles. The predicted molar refractivity (Wildman–Crippen MR) is 79.8 cm³/mol. The van der Waals surface area contributed by atoms with Gasteiger partial charge in [0.15, 0.2) is 0 Å². The van der Waals surface area contributed by atoms with E-state index in [4.69, 9.17) is 4.74 Å². The lowest BCUT2D eigenvalue weighted by Crippen LogP contribution is -2.48. The first-order valence-corrected chi connectivity index (χ1v) is 8.29. The summed E-state index contributed by atoms with van der Waals surface area (Å²) < 4.78 is 5.45. The number of nitrogens with zero attached hydrogens (tertiary/aromatic N) is 1. The second-order valence-corrected chi connectivity index (χ2v) is 6.66. The van der Waals surface area contributed by atoms with Gasteiger partial charge in [-0.05, 0) is 31.2 Å². The highest BCUT2D eigenvalue weighted by atomic mass is 32.1. The van der Waals surface area contributed by atoms with Crippen LogP contribution >= 0.6 is 11.3 Å². The smallest absolute Gasteiger partial charge is 0.223 e. The lowest BCUT2D eigenvalue weighted by molar-refractivity contribution is -0.123. The summed E-state index contributed by atoms with van der Waals surface area (Å²) in [5, 5.41) is 5.32. The van der Waals surface area contributed by atoms with Crippen LogP contribution < -0.4 is 5.32 Å². The van der Waals surface area contributed by atoms with Crippen LogP contribution in [0, 0.1) is 5.92 Å². The van der Waals surface area contributed by atoms with E-state index in [0.717, 1.165) is 39.1 Å². The summed E-state index contributed by atoms with van der Waals surface area (Å²) in [5.41, 5.74) is 0. The first-order valence-electron chi connectivity index (χ1n) is 7.41. The van der Waals surface area contributed by atoms with Crippen molar-refractivity contribution in [2.75, 3.05) is 26.3 Å². The van der Waals surface area contributed by atoms with Gasteiger partial charge in [0, 0.05) is 29.9 Å². The molecule has 1 aromatic rings. The Hall–Kier alpha value is -0.910. The second kappa shape index (κ2) is 6.24. The van der Waals surface area contributed by atoms with Gasteiger partial charge >= 0.3 is 0 Å². The summed E-state index contributed by atoms with van der Waals surface area (Å²) in [6.45, 7) is 5.56. The van der Waals surface area contributed by atoms with Crippen molar-refractivity contribution in [3.05, 3.63) is 22.4 Å². The molecule has 2 heterocycles.